The van der Waals surface area contributed by atoms with Crippen LogP contribution in [0.1, 0.15) is 6.42 Å². The van der Waals surface area contributed by atoms with Gasteiger partial charge < -0.3 is 11.1 Å². The Morgan fingerprint density at radius 2 is 2.24 bits per heavy atom. The first-order valence-electron chi connectivity index (χ1n) is 5.05. The Balaban J connectivity index is 2.64. The van der Waals surface area contributed by atoms with Crippen LogP contribution in [0.5, 0.6) is 0 Å². The normalized spacial score (nSPS) is 12.2. The van der Waals surface area contributed by atoms with Crippen molar-refractivity contribution in [3.63, 3.8) is 0 Å². The van der Waals surface area contributed by atoms with Crippen LogP contribution < -0.4 is 11.1 Å². The van der Waals surface area contributed by atoms with Gasteiger partial charge in [-0.15, -0.1) is 0 Å². The highest BCUT2D eigenvalue weighted by Gasteiger charge is 2.14. The van der Waals surface area contributed by atoms with Gasteiger partial charge >= 0.3 is 0 Å². The smallest absolute Gasteiger partial charge is 0.241 e. The first-order chi connectivity index (χ1) is 8.04. The molecule has 6 heteroatoms. The van der Waals surface area contributed by atoms with Crippen LogP contribution in [0.3, 0.4) is 0 Å². The predicted molar refractivity (Wildman–Crippen MR) is 76.1 cm³/mol. The first kappa shape index (κ1) is 14.6. The van der Waals surface area contributed by atoms with E-state index in [1.807, 2.05) is 6.26 Å². The molecule has 0 aliphatic rings. The van der Waals surface area contributed by atoms with Gasteiger partial charge in [-0.05, 0) is 36.6 Å². The van der Waals surface area contributed by atoms with Crippen LogP contribution >= 0.6 is 35.0 Å². The highest BCUT2D eigenvalue weighted by atomic mass is 35.5. The van der Waals surface area contributed by atoms with E-state index in [1.54, 1.807) is 30.0 Å². The SMILES string of the molecule is CSCC[C@H](N)C(=O)Nc1cc(Cl)ccc1Cl. The predicted octanol–water partition coefficient (Wildman–Crippen LogP) is 3.01. The van der Waals surface area contributed by atoms with Crippen LogP contribution in [0.2, 0.25) is 10.0 Å². The molecule has 17 heavy (non-hydrogen) atoms. The van der Waals surface area contributed by atoms with Crippen LogP contribution in [0.25, 0.3) is 0 Å². The van der Waals surface area contributed by atoms with Gasteiger partial charge in [0.2, 0.25) is 5.91 Å². The number of nitrogens with two attached hydrogens (primary N) is 1. The summed E-state index contributed by atoms with van der Waals surface area (Å²) in [7, 11) is 0. The largest absolute Gasteiger partial charge is 0.323 e. The molecule has 94 valence electrons. The summed E-state index contributed by atoms with van der Waals surface area (Å²) in [6.07, 6.45) is 2.60. The zero-order valence-electron chi connectivity index (χ0n) is 9.37. The second kappa shape index (κ2) is 7.11. The van der Waals surface area contributed by atoms with Crippen molar-refractivity contribution in [2.75, 3.05) is 17.3 Å². The Bertz CT molecular complexity index is 401. The molecule has 0 saturated carbocycles. The van der Waals surface area contributed by atoms with Crippen molar-refractivity contribution in [1.29, 1.82) is 0 Å². The summed E-state index contributed by atoms with van der Waals surface area (Å²) < 4.78 is 0. The number of amides is 1. The van der Waals surface area contributed by atoms with Crippen molar-refractivity contribution in [1.82, 2.24) is 0 Å². The molecular formula is C11H14Cl2N2OS. The van der Waals surface area contributed by atoms with E-state index in [9.17, 15) is 4.79 Å². The molecule has 3 nitrogen and oxygen atoms in total. The summed E-state index contributed by atoms with van der Waals surface area (Å²) in [5, 5.41) is 3.63. The topological polar surface area (TPSA) is 55.1 Å². The standard InChI is InChI=1S/C11H14Cl2N2OS/c1-17-5-4-9(14)11(16)15-10-6-7(12)2-3-8(10)13/h2-3,6,9H,4-5,14H2,1H3,(H,15,16)/t9-/m0/s1. The highest BCUT2D eigenvalue weighted by molar-refractivity contribution is 7.98. The second-order valence-electron chi connectivity index (χ2n) is 3.50. The number of benzene rings is 1. The molecule has 1 amide bonds. The second-order valence-corrected chi connectivity index (χ2v) is 5.33. The van der Waals surface area contributed by atoms with Crippen molar-refractivity contribution >= 4 is 46.6 Å². The van der Waals surface area contributed by atoms with Crippen LogP contribution in [0, 0.1) is 0 Å². The zero-order chi connectivity index (χ0) is 12.8. The van der Waals surface area contributed by atoms with E-state index in [-0.39, 0.29) is 5.91 Å². The van der Waals surface area contributed by atoms with Gasteiger partial charge in [0, 0.05) is 5.02 Å². The van der Waals surface area contributed by atoms with Gasteiger partial charge in [-0.25, -0.2) is 0 Å². The van der Waals surface area contributed by atoms with Gasteiger partial charge in [-0.2, -0.15) is 11.8 Å². The summed E-state index contributed by atoms with van der Waals surface area (Å²) in [6.45, 7) is 0. The molecule has 0 aromatic heterocycles. The van der Waals surface area contributed by atoms with E-state index in [4.69, 9.17) is 28.9 Å². The number of thioether (sulfide) groups is 1. The molecule has 0 radical (unpaired) electrons. The monoisotopic (exact) mass is 292 g/mol. The summed E-state index contributed by atoms with van der Waals surface area (Å²) in [6, 6.07) is 4.36. The highest BCUT2D eigenvalue weighted by Crippen LogP contribution is 2.25. The molecule has 1 aromatic rings. The number of anilines is 1. The maximum atomic E-state index is 11.7. The molecule has 0 fully saturated rings. The van der Waals surface area contributed by atoms with Gasteiger partial charge in [0.15, 0.2) is 0 Å². The Hall–Kier alpha value is -0.420. The maximum Gasteiger partial charge on any atom is 0.241 e. The van der Waals surface area contributed by atoms with Crippen LogP contribution in [-0.4, -0.2) is 24.0 Å². The number of hydrogen-bond donors (Lipinski definition) is 2. The minimum atomic E-state index is -0.530. The molecule has 1 aromatic carbocycles. The first-order valence-corrected chi connectivity index (χ1v) is 7.20. The van der Waals surface area contributed by atoms with Crippen LogP contribution in [-0.2, 0) is 4.79 Å². The Morgan fingerprint density at radius 3 is 2.88 bits per heavy atom. The lowest BCUT2D eigenvalue weighted by Crippen LogP contribution is -2.36. The molecule has 0 aliphatic carbocycles. The molecule has 0 saturated heterocycles. The Morgan fingerprint density at radius 1 is 1.53 bits per heavy atom. The van der Waals surface area contributed by atoms with Crippen molar-refractivity contribution < 1.29 is 4.79 Å². The summed E-state index contributed by atoms with van der Waals surface area (Å²) in [4.78, 5) is 11.7. The van der Waals surface area contributed by atoms with Crippen LogP contribution in [0.15, 0.2) is 18.2 Å². The molecular weight excluding hydrogens is 279 g/mol. The van der Waals surface area contributed by atoms with E-state index in [1.165, 1.54) is 0 Å². The number of rotatable bonds is 5. The number of carbonyl (C=O) groups is 1. The minimum absolute atomic E-state index is 0.247. The molecule has 0 heterocycles. The van der Waals surface area contributed by atoms with Crippen molar-refractivity contribution in [2.45, 2.75) is 12.5 Å². The maximum absolute atomic E-state index is 11.7. The third-order valence-electron chi connectivity index (χ3n) is 2.16. The molecule has 0 spiro atoms. The van der Waals surface area contributed by atoms with Gasteiger partial charge in [-0.1, -0.05) is 23.2 Å². The third kappa shape index (κ3) is 4.76. The lowest BCUT2D eigenvalue weighted by atomic mass is 10.2. The van der Waals surface area contributed by atoms with E-state index >= 15 is 0 Å². The molecule has 3 N–H and O–H groups in total. The summed E-state index contributed by atoms with van der Waals surface area (Å²) in [5.74, 6) is 0.598. The lowest BCUT2D eigenvalue weighted by Gasteiger charge is -2.12. The fraction of sp³-hybridized carbons (Fsp3) is 0.364. The minimum Gasteiger partial charge on any atom is -0.323 e. The quantitative estimate of drug-likeness (QED) is 0.877. The number of halogens is 2. The molecule has 1 rings (SSSR count). The van der Waals surface area contributed by atoms with Crippen molar-refractivity contribution in [3.8, 4) is 0 Å². The van der Waals surface area contributed by atoms with E-state index in [0.717, 1.165) is 5.75 Å². The van der Waals surface area contributed by atoms with E-state index < -0.39 is 6.04 Å². The average Bonchev–Trinajstić information content (AvgIpc) is 2.30. The van der Waals surface area contributed by atoms with E-state index in [2.05, 4.69) is 5.32 Å². The van der Waals surface area contributed by atoms with Gasteiger partial charge in [0.05, 0.1) is 16.8 Å². The zero-order valence-corrected chi connectivity index (χ0v) is 11.7. The Kier molecular flexibility index (Phi) is 6.12. The average molecular weight is 293 g/mol. The van der Waals surface area contributed by atoms with Crippen molar-refractivity contribution in [2.24, 2.45) is 5.73 Å². The lowest BCUT2D eigenvalue weighted by molar-refractivity contribution is -0.117. The number of nitrogens with one attached hydrogen (secondary N) is 1. The van der Waals surface area contributed by atoms with Gasteiger partial charge in [0.25, 0.3) is 0 Å². The fourth-order valence-corrected chi connectivity index (χ4v) is 2.02. The van der Waals surface area contributed by atoms with E-state index in [0.29, 0.717) is 22.2 Å². The molecule has 0 aliphatic heterocycles. The van der Waals surface area contributed by atoms with Gasteiger partial charge in [-0.3, -0.25) is 4.79 Å². The number of hydrogen-bond acceptors (Lipinski definition) is 3. The fourth-order valence-electron chi connectivity index (χ4n) is 1.19. The summed E-state index contributed by atoms with van der Waals surface area (Å²) >= 11 is 13.4. The molecule has 0 unspecified atom stereocenters. The van der Waals surface area contributed by atoms with Crippen LogP contribution in [0.4, 0.5) is 5.69 Å². The molecule has 1 atom stereocenters. The Labute approximate surface area is 115 Å². The molecule has 0 bridgehead atoms. The summed E-state index contributed by atoms with van der Waals surface area (Å²) in [5.41, 5.74) is 6.23. The number of carbonyl (C=O) groups excluding carboxylic acids is 1. The third-order valence-corrected chi connectivity index (χ3v) is 3.36. The van der Waals surface area contributed by atoms with Crippen molar-refractivity contribution in [3.05, 3.63) is 28.2 Å². The van der Waals surface area contributed by atoms with Gasteiger partial charge in [0.1, 0.15) is 0 Å².